The average molecular weight is 192 g/mol. The fraction of sp³-hybridized carbons (Fsp3) is 0.143. The van der Waals surface area contributed by atoms with Crippen LogP contribution < -0.4 is 11.1 Å². The molecular weight excluding hydrogens is 184 g/mol. The smallest absolute Gasteiger partial charge is 0.224 e. The molecule has 0 aliphatic rings. The zero-order valence-electron chi connectivity index (χ0n) is 7.21. The van der Waals surface area contributed by atoms with Crippen LogP contribution in [0.25, 0.3) is 0 Å². The van der Waals surface area contributed by atoms with E-state index in [1.54, 1.807) is 12.3 Å². The van der Waals surface area contributed by atoms with Gasteiger partial charge in [-0.3, -0.25) is 0 Å². The van der Waals surface area contributed by atoms with E-state index in [-0.39, 0.29) is 0 Å². The van der Waals surface area contributed by atoms with Crippen LogP contribution in [-0.4, -0.2) is 20.1 Å². The van der Waals surface area contributed by atoms with Crippen molar-refractivity contribution in [1.29, 1.82) is 0 Å². The summed E-state index contributed by atoms with van der Waals surface area (Å²) in [5.74, 6) is 1.39. The number of aromatic nitrogens is 4. The quantitative estimate of drug-likeness (QED) is 0.708. The Kier molecular flexibility index (Phi) is 2.22. The van der Waals surface area contributed by atoms with E-state index in [9.17, 15) is 0 Å². The number of nitrogen functional groups attached to an aromatic ring is 1. The SMILES string of the molecule is Nc1ccnc(NCc2ncon2)n1. The monoisotopic (exact) mass is 192 g/mol. The lowest BCUT2D eigenvalue weighted by atomic mass is 10.6. The van der Waals surface area contributed by atoms with Crippen molar-refractivity contribution in [2.45, 2.75) is 6.54 Å². The van der Waals surface area contributed by atoms with Crippen molar-refractivity contribution >= 4 is 11.8 Å². The van der Waals surface area contributed by atoms with Gasteiger partial charge in [0.1, 0.15) is 5.82 Å². The normalized spacial score (nSPS) is 10.0. The van der Waals surface area contributed by atoms with Crippen LogP contribution in [0.4, 0.5) is 11.8 Å². The molecule has 0 amide bonds. The summed E-state index contributed by atoms with van der Waals surface area (Å²) in [6, 6.07) is 1.61. The molecule has 2 rings (SSSR count). The molecule has 0 aliphatic carbocycles. The molecule has 7 heteroatoms. The highest BCUT2D eigenvalue weighted by atomic mass is 16.5. The molecule has 2 heterocycles. The molecule has 3 N–H and O–H groups in total. The van der Waals surface area contributed by atoms with E-state index in [0.717, 1.165) is 0 Å². The molecular formula is C7H8N6O. The fourth-order valence-electron chi connectivity index (χ4n) is 0.886. The number of nitrogens with one attached hydrogen (secondary N) is 1. The maximum Gasteiger partial charge on any atom is 0.224 e. The van der Waals surface area contributed by atoms with Gasteiger partial charge >= 0.3 is 0 Å². The minimum atomic E-state index is 0.403. The van der Waals surface area contributed by atoms with Gasteiger partial charge in [-0.2, -0.15) is 9.97 Å². The third-order valence-corrected chi connectivity index (χ3v) is 1.49. The molecule has 72 valence electrons. The maximum atomic E-state index is 5.47. The van der Waals surface area contributed by atoms with Gasteiger partial charge in [-0.05, 0) is 6.07 Å². The molecule has 0 saturated heterocycles. The fourth-order valence-corrected chi connectivity index (χ4v) is 0.886. The second-order valence-electron chi connectivity index (χ2n) is 2.51. The zero-order chi connectivity index (χ0) is 9.80. The van der Waals surface area contributed by atoms with Crippen LogP contribution in [0.5, 0.6) is 0 Å². The standard InChI is InChI=1S/C7H8N6O/c8-5-1-2-9-7(12-5)10-3-6-11-4-14-13-6/h1-2,4H,3H2,(H3,8,9,10,12). The van der Waals surface area contributed by atoms with Crippen LogP contribution >= 0.6 is 0 Å². The van der Waals surface area contributed by atoms with Gasteiger partial charge in [0, 0.05) is 6.20 Å². The van der Waals surface area contributed by atoms with Gasteiger partial charge in [0.05, 0.1) is 6.54 Å². The summed E-state index contributed by atoms with van der Waals surface area (Å²) >= 11 is 0. The van der Waals surface area contributed by atoms with Crippen molar-refractivity contribution in [3.8, 4) is 0 Å². The molecule has 0 bridgehead atoms. The molecule has 2 aromatic heterocycles. The first-order valence-corrected chi connectivity index (χ1v) is 3.92. The Morgan fingerprint density at radius 3 is 3.07 bits per heavy atom. The topological polar surface area (TPSA) is 103 Å². The molecule has 0 spiro atoms. The molecule has 0 aromatic carbocycles. The summed E-state index contributed by atoms with van der Waals surface area (Å²) in [6.07, 6.45) is 2.83. The maximum absolute atomic E-state index is 5.47. The van der Waals surface area contributed by atoms with E-state index >= 15 is 0 Å². The molecule has 0 atom stereocenters. The summed E-state index contributed by atoms with van der Waals surface area (Å²) in [7, 11) is 0. The minimum Gasteiger partial charge on any atom is -0.384 e. The predicted molar refractivity (Wildman–Crippen MR) is 48.1 cm³/mol. The lowest BCUT2D eigenvalue weighted by molar-refractivity contribution is 0.411. The number of rotatable bonds is 3. The van der Waals surface area contributed by atoms with Crippen molar-refractivity contribution in [3.63, 3.8) is 0 Å². The van der Waals surface area contributed by atoms with Gasteiger partial charge in [-0.25, -0.2) is 4.98 Å². The summed E-state index contributed by atoms with van der Waals surface area (Å²) in [6.45, 7) is 0.403. The Hall–Kier alpha value is -2.18. The summed E-state index contributed by atoms with van der Waals surface area (Å²) in [5.41, 5.74) is 5.47. The third-order valence-electron chi connectivity index (χ3n) is 1.49. The van der Waals surface area contributed by atoms with E-state index in [2.05, 4.69) is 29.9 Å². The second kappa shape index (κ2) is 3.69. The summed E-state index contributed by atoms with van der Waals surface area (Å²) in [4.78, 5) is 11.7. The number of hydrogen-bond donors (Lipinski definition) is 2. The second-order valence-corrected chi connectivity index (χ2v) is 2.51. The van der Waals surface area contributed by atoms with Gasteiger partial charge < -0.3 is 15.6 Å². The predicted octanol–water partition coefficient (Wildman–Crippen LogP) is 0.0539. The molecule has 0 aliphatic heterocycles. The van der Waals surface area contributed by atoms with Gasteiger partial charge in [0.2, 0.25) is 12.3 Å². The van der Waals surface area contributed by atoms with Crippen molar-refractivity contribution in [1.82, 2.24) is 20.1 Å². The van der Waals surface area contributed by atoms with Crippen LogP contribution in [0.2, 0.25) is 0 Å². The summed E-state index contributed by atoms with van der Waals surface area (Å²) in [5, 5.41) is 6.52. The molecule has 0 saturated carbocycles. The first-order valence-electron chi connectivity index (χ1n) is 3.92. The largest absolute Gasteiger partial charge is 0.384 e. The molecule has 2 aromatic rings. The van der Waals surface area contributed by atoms with E-state index in [1.807, 2.05) is 0 Å². The van der Waals surface area contributed by atoms with E-state index in [1.165, 1.54) is 6.39 Å². The van der Waals surface area contributed by atoms with Gasteiger partial charge in [-0.15, -0.1) is 0 Å². The summed E-state index contributed by atoms with van der Waals surface area (Å²) < 4.78 is 4.56. The Morgan fingerprint density at radius 1 is 1.43 bits per heavy atom. The Labute approximate surface area is 79.4 Å². The van der Waals surface area contributed by atoms with E-state index in [0.29, 0.717) is 24.1 Å². The molecule has 7 nitrogen and oxygen atoms in total. The first kappa shape index (κ1) is 8.42. The van der Waals surface area contributed by atoms with Gasteiger partial charge in [-0.1, -0.05) is 5.16 Å². The molecule has 14 heavy (non-hydrogen) atoms. The lowest BCUT2D eigenvalue weighted by Crippen LogP contribution is -2.05. The highest BCUT2D eigenvalue weighted by Gasteiger charge is 1.99. The van der Waals surface area contributed by atoms with Crippen LogP contribution in [0.3, 0.4) is 0 Å². The van der Waals surface area contributed by atoms with Crippen LogP contribution in [0.1, 0.15) is 5.82 Å². The Morgan fingerprint density at radius 2 is 2.36 bits per heavy atom. The zero-order valence-corrected chi connectivity index (χ0v) is 7.21. The number of nitrogens with zero attached hydrogens (tertiary/aromatic N) is 4. The Bertz CT molecular complexity index is 400. The van der Waals surface area contributed by atoms with Crippen molar-refractivity contribution in [2.24, 2.45) is 0 Å². The lowest BCUT2D eigenvalue weighted by Gasteiger charge is -2.00. The number of anilines is 2. The van der Waals surface area contributed by atoms with Crippen LogP contribution in [-0.2, 0) is 6.54 Å². The van der Waals surface area contributed by atoms with E-state index in [4.69, 9.17) is 5.73 Å². The highest BCUT2D eigenvalue weighted by molar-refractivity contribution is 5.34. The third kappa shape index (κ3) is 1.94. The van der Waals surface area contributed by atoms with Crippen molar-refractivity contribution in [2.75, 3.05) is 11.1 Å². The Balaban J connectivity index is 1.98. The number of nitrogens with two attached hydrogens (primary N) is 1. The van der Waals surface area contributed by atoms with Crippen molar-refractivity contribution in [3.05, 3.63) is 24.5 Å². The van der Waals surface area contributed by atoms with Gasteiger partial charge in [0.15, 0.2) is 5.82 Å². The first-order chi connectivity index (χ1) is 6.84. The molecule has 0 fully saturated rings. The number of hydrogen-bond acceptors (Lipinski definition) is 7. The minimum absolute atomic E-state index is 0.403. The molecule has 0 unspecified atom stereocenters. The average Bonchev–Trinajstić information content (AvgIpc) is 2.67. The highest BCUT2D eigenvalue weighted by Crippen LogP contribution is 2.02. The van der Waals surface area contributed by atoms with Gasteiger partial charge in [0.25, 0.3) is 0 Å². The van der Waals surface area contributed by atoms with Crippen molar-refractivity contribution < 1.29 is 4.52 Å². The van der Waals surface area contributed by atoms with Crippen LogP contribution in [0.15, 0.2) is 23.2 Å². The van der Waals surface area contributed by atoms with Crippen LogP contribution in [0, 0.1) is 0 Å². The van der Waals surface area contributed by atoms with E-state index < -0.39 is 0 Å². The molecule has 0 radical (unpaired) electrons.